The molecule has 0 fully saturated rings. The van der Waals surface area contributed by atoms with Crippen LogP contribution in [0.2, 0.25) is 5.02 Å². The molecule has 1 heterocycles. The molecule has 94 valence electrons. The van der Waals surface area contributed by atoms with Gasteiger partial charge in [0.15, 0.2) is 11.5 Å². The van der Waals surface area contributed by atoms with Gasteiger partial charge in [0.25, 0.3) is 0 Å². The average molecular weight is 257 g/mol. The second-order valence-corrected chi connectivity index (χ2v) is 4.65. The highest BCUT2D eigenvalue weighted by Crippen LogP contribution is 2.40. The number of halogens is 1. The van der Waals surface area contributed by atoms with Crippen molar-refractivity contribution in [1.82, 2.24) is 4.90 Å². The second-order valence-electron chi connectivity index (χ2n) is 4.24. The molecule has 1 unspecified atom stereocenters. The highest BCUT2D eigenvalue weighted by Gasteiger charge is 2.20. The Kier molecular flexibility index (Phi) is 3.76. The SMILES string of the molecule is CN(C)C(CN)c1cc(Cl)c2c(c1)OCCO2. The maximum Gasteiger partial charge on any atom is 0.179 e. The minimum Gasteiger partial charge on any atom is -0.486 e. The summed E-state index contributed by atoms with van der Waals surface area (Å²) in [6.45, 7) is 1.63. The van der Waals surface area contributed by atoms with Gasteiger partial charge in [-0.05, 0) is 31.8 Å². The van der Waals surface area contributed by atoms with Crippen LogP contribution in [0.3, 0.4) is 0 Å². The van der Waals surface area contributed by atoms with Crippen molar-refractivity contribution in [2.24, 2.45) is 5.73 Å². The molecule has 5 heteroatoms. The van der Waals surface area contributed by atoms with Crippen molar-refractivity contribution in [3.8, 4) is 11.5 Å². The standard InChI is InChI=1S/C12H17ClN2O2/c1-15(2)10(7-14)8-5-9(13)12-11(6-8)16-3-4-17-12/h5-6,10H,3-4,7,14H2,1-2H3. The summed E-state index contributed by atoms with van der Waals surface area (Å²) in [5.74, 6) is 1.34. The number of hydrogen-bond donors (Lipinski definition) is 1. The van der Waals surface area contributed by atoms with Crippen LogP contribution in [0.4, 0.5) is 0 Å². The van der Waals surface area contributed by atoms with E-state index in [4.69, 9.17) is 26.8 Å². The molecule has 2 rings (SSSR count). The molecule has 1 aliphatic rings. The summed E-state index contributed by atoms with van der Waals surface area (Å²) >= 11 is 6.19. The lowest BCUT2D eigenvalue weighted by Gasteiger charge is -2.26. The number of ether oxygens (including phenoxy) is 2. The van der Waals surface area contributed by atoms with Crippen LogP contribution < -0.4 is 15.2 Å². The molecular formula is C12H17ClN2O2. The van der Waals surface area contributed by atoms with Gasteiger partial charge in [0.1, 0.15) is 13.2 Å². The number of rotatable bonds is 3. The van der Waals surface area contributed by atoms with Gasteiger partial charge in [-0.1, -0.05) is 11.6 Å². The minimum absolute atomic E-state index is 0.128. The molecular weight excluding hydrogens is 240 g/mol. The Labute approximate surface area is 106 Å². The third-order valence-electron chi connectivity index (χ3n) is 2.85. The fourth-order valence-electron chi connectivity index (χ4n) is 1.97. The van der Waals surface area contributed by atoms with Crippen molar-refractivity contribution in [2.45, 2.75) is 6.04 Å². The molecule has 0 saturated heterocycles. The van der Waals surface area contributed by atoms with Gasteiger partial charge in [-0.25, -0.2) is 0 Å². The number of nitrogens with two attached hydrogens (primary N) is 1. The van der Waals surface area contributed by atoms with Crippen LogP contribution in [0, 0.1) is 0 Å². The highest BCUT2D eigenvalue weighted by atomic mass is 35.5. The first-order valence-electron chi connectivity index (χ1n) is 5.59. The van der Waals surface area contributed by atoms with Crippen LogP contribution in [0.25, 0.3) is 0 Å². The molecule has 4 nitrogen and oxygen atoms in total. The molecule has 1 aromatic carbocycles. The smallest absolute Gasteiger partial charge is 0.179 e. The molecule has 2 N–H and O–H groups in total. The Hall–Kier alpha value is -0.970. The topological polar surface area (TPSA) is 47.7 Å². The number of likely N-dealkylation sites (N-methyl/N-ethyl adjacent to an activating group) is 1. The average Bonchev–Trinajstić information content (AvgIpc) is 2.29. The van der Waals surface area contributed by atoms with Crippen molar-refractivity contribution in [3.63, 3.8) is 0 Å². The van der Waals surface area contributed by atoms with Crippen molar-refractivity contribution >= 4 is 11.6 Å². The lowest BCUT2D eigenvalue weighted by Crippen LogP contribution is -2.27. The Morgan fingerprint density at radius 3 is 2.71 bits per heavy atom. The molecule has 17 heavy (non-hydrogen) atoms. The van der Waals surface area contributed by atoms with Gasteiger partial charge in [0.2, 0.25) is 0 Å². The number of fused-ring (bicyclic) bond motifs is 1. The maximum absolute atomic E-state index is 6.19. The molecule has 1 atom stereocenters. The fraction of sp³-hybridized carbons (Fsp3) is 0.500. The van der Waals surface area contributed by atoms with Crippen molar-refractivity contribution < 1.29 is 9.47 Å². The summed E-state index contributed by atoms with van der Waals surface area (Å²) in [6.07, 6.45) is 0. The van der Waals surface area contributed by atoms with E-state index in [2.05, 4.69) is 4.90 Å². The molecule has 0 radical (unpaired) electrons. The van der Waals surface area contributed by atoms with Crippen LogP contribution >= 0.6 is 11.6 Å². The van der Waals surface area contributed by atoms with Crippen molar-refractivity contribution in [1.29, 1.82) is 0 Å². The molecule has 0 bridgehead atoms. The molecule has 1 aromatic rings. The van der Waals surface area contributed by atoms with E-state index in [0.717, 1.165) is 5.56 Å². The normalized spacial score (nSPS) is 16.1. The number of nitrogens with zero attached hydrogens (tertiary/aromatic N) is 1. The quantitative estimate of drug-likeness (QED) is 0.894. The zero-order chi connectivity index (χ0) is 12.4. The zero-order valence-corrected chi connectivity index (χ0v) is 10.8. The Morgan fingerprint density at radius 1 is 1.35 bits per heavy atom. The number of benzene rings is 1. The van der Waals surface area contributed by atoms with Crippen molar-refractivity contribution in [3.05, 3.63) is 22.7 Å². The first-order chi connectivity index (χ1) is 8.13. The summed E-state index contributed by atoms with van der Waals surface area (Å²) in [7, 11) is 3.98. The Balaban J connectivity index is 2.39. The third-order valence-corrected chi connectivity index (χ3v) is 3.13. The van der Waals surface area contributed by atoms with Gasteiger partial charge in [0, 0.05) is 12.6 Å². The number of hydrogen-bond acceptors (Lipinski definition) is 4. The fourth-order valence-corrected chi connectivity index (χ4v) is 2.24. The minimum atomic E-state index is 0.128. The Morgan fingerprint density at radius 2 is 2.06 bits per heavy atom. The summed E-state index contributed by atoms with van der Waals surface area (Å²) in [5.41, 5.74) is 6.82. The van der Waals surface area contributed by atoms with E-state index in [1.807, 2.05) is 26.2 Å². The third kappa shape index (κ3) is 2.49. The monoisotopic (exact) mass is 256 g/mol. The highest BCUT2D eigenvalue weighted by molar-refractivity contribution is 6.32. The van der Waals surface area contributed by atoms with Crippen LogP contribution in [0.1, 0.15) is 11.6 Å². The van der Waals surface area contributed by atoms with Gasteiger partial charge >= 0.3 is 0 Å². The van der Waals surface area contributed by atoms with Gasteiger partial charge < -0.3 is 20.1 Å². The van der Waals surface area contributed by atoms with E-state index in [0.29, 0.717) is 36.3 Å². The lowest BCUT2D eigenvalue weighted by atomic mass is 10.1. The van der Waals surface area contributed by atoms with Gasteiger partial charge in [-0.3, -0.25) is 0 Å². The second kappa shape index (κ2) is 5.12. The van der Waals surface area contributed by atoms with E-state index in [-0.39, 0.29) is 6.04 Å². The first kappa shape index (κ1) is 12.5. The summed E-state index contributed by atoms with van der Waals surface area (Å²) in [5, 5.41) is 0.581. The molecule has 0 saturated carbocycles. The largest absolute Gasteiger partial charge is 0.486 e. The van der Waals surface area contributed by atoms with Crippen LogP contribution in [0.5, 0.6) is 11.5 Å². The summed E-state index contributed by atoms with van der Waals surface area (Å²) in [4.78, 5) is 2.06. The van der Waals surface area contributed by atoms with Crippen LogP contribution in [0.15, 0.2) is 12.1 Å². The van der Waals surface area contributed by atoms with Crippen LogP contribution in [-0.4, -0.2) is 38.8 Å². The summed E-state index contributed by atoms with van der Waals surface area (Å²) < 4.78 is 11.0. The van der Waals surface area contributed by atoms with Crippen LogP contribution in [-0.2, 0) is 0 Å². The molecule has 0 aromatic heterocycles. The van der Waals surface area contributed by atoms with E-state index in [9.17, 15) is 0 Å². The maximum atomic E-state index is 6.19. The predicted molar refractivity (Wildman–Crippen MR) is 67.9 cm³/mol. The van der Waals surface area contributed by atoms with Gasteiger partial charge in [-0.15, -0.1) is 0 Å². The Bertz CT molecular complexity index is 410. The lowest BCUT2D eigenvalue weighted by molar-refractivity contribution is 0.171. The van der Waals surface area contributed by atoms with E-state index in [1.165, 1.54) is 0 Å². The summed E-state index contributed by atoms with van der Waals surface area (Å²) in [6, 6.07) is 3.98. The van der Waals surface area contributed by atoms with Gasteiger partial charge in [0.05, 0.1) is 5.02 Å². The zero-order valence-electron chi connectivity index (χ0n) is 10.1. The van der Waals surface area contributed by atoms with E-state index < -0.39 is 0 Å². The molecule has 0 amide bonds. The first-order valence-corrected chi connectivity index (χ1v) is 5.97. The predicted octanol–water partition coefficient (Wildman–Crippen LogP) is 1.67. The molecule has 0 aliphatic carbocycles. The van der Waals surface area contributed by atoms with E-state index >= 15 is 0 Å². The van der Waals surface area contributed by atoms with Crippen molar-refractivity contribution in [2.75, 3.05) is 33.9 Å². The molecule has 0 spiro atoms. The molecule has 1 aliphatic heterocycles. The van der Waals surface area contributed by atoms with Gasteiger partial charge in [-0.2, -0.15) is 0 Å². The van der Waals surface area contributed by atoms with E-state index in [1.54, 1.807) is 0 Å².